The lowest BCUT2D eigenvalue weighted by molar-refractivity contribution is -0.128. The van der Waals surface area contributed by atoms with Crippen LogP contribution in [0.3, 0.4) is 0 Å². The number of nitrogens with one attached hydrogen (secondary N) is 1. The summed E-state index contributed by atoms with van der Waals surface area (Å²) in [5, 5.41) is 11.1. The second-order valence-electron chi connectivity index (χ2n) is 8.35. The summed E-state index contributed by atoms with van der Waals surface area (Å²) in [6.45, 7) is 0. The molecule has 1 N–H and O–H groups in total. The van der Waals surface area contributed by atoms with E-state index in [2.05, 4.69) is 11.4 Å². The molecule has 3 unspecified atom stereocenters. The number of rotatable bonds is 7. The van der Waals surface area contributed by atoms with E-state index in [1.165, 1.54) is 49.6 Å². The first-order valence-corrected chi connectivity index (χ1v) is 12.3. The smallest absolute Gasteiger partial charge is 0.227 e. The Morgan fingerprint density at radius 1 is 1.18 bits per heavy atom. The molecule has 174 valence electrons. The van der Waals surface area contributed by atoms with Gasteiger partial charge in [-0.15, -0.1) is 0 Å². The molecule has 7 nitrogen and oxygen atoms in total. The van der Waals surface area contributed by atoms with Gasteiger partial charge in [-0.1, -0.05) is 11.6 Å². The summed E-state index contributed by atoms with van der Waals surface area (Å²) in [5.41, 5.74) is -0.837. The summed E-state index contributed by atoms with van der Waals surface area (Å²) in [7, 11) is -2.43. The molecule has 0 saturated heterocycles. The Labute approximate surface area is 196 Å². The van der Waals surface area contributed by atoms with Gasteiger partial charge in [-0.25, -0.2) is 12.8 Å². The van der Waals surface area contributed by atoms with Crippen molar-refractivity contribution in [3.63, 3.8) is 0 Å². The van der Waals surface area contributed by atoms with E-state index in [0.717, 1.165) is 0 Å². The molecule has 2 saturated carbocycles. The Balaban J connectivity index is 1.51. The van der Waals surface area contributed by atoms with E-state index in [0.29, 0.717) is 24.3 Å². The van der Waals surface area contributed by atoms with Crippen molar-refractivity contribution >= 4 is 27.3 Å². The molecule has 0 bridgehead atoms. The van der Waals surface area contributed by atoms with Crippen LogP contribution in [0.1, 0.15) is 25.7 Å². The molecule has 3 atom stereocenters. The molecular weight excluding hydrogens is 471 g/mol. The number of hydrogen-bond donors (Lipinski definition) is 1. The number of sulfone groups is 1. The number of carbonyl (C=O) groups excluding carboxylic acids is 1. The standard InChI is InChI=1S/C23H22ClFN2O5S/c1-31-20-12-17(11-18(20)22(28)27-23(13-26)8-9-23)33(29,30)21-7-6-16(10-19(21)24)32-15-4-2-14(25)3-5-15/h2-7,10,17-18,20H,8-9,11-12H2,1H3,(H,27,28). The first-order chi connectivity index (χ1) is 15.7. The number of carbonyl (C=O) groups is 1. The quantitative estimate of drug-likeness (QED) is 0.626. The van der Waals surface area contributed by atoms with Gasteiger partial charge >= 0.3 is 0 Å². The minimum atomic E-state index is -3.87. The Hall–Kier alpha value is -2.67. The molecule has 2 aliphatic carbocycles. The Morgan fingerprint density at radius 2 is 1.85 bits per heavy atom. The van der Waals surface area contributed by atoms with Crippen molar-refractivity contribution in [3.05, 3.63) is 53.3 Å². The van der Waals surface area contributed by atoms with Gasteiger partial charge in [-0.2, -0.15) is 5.26 Å². The van der Waals surface area contributed by atoms with Gasteiger partial charge in [-0.3, -0.25) is 4.79 Å². The van der Waals surface area contributed by atoms with Crippen molar-refractivity contribution in [1.82, 2.24) is 5.32 Å². The highest BCUT2D eigenvalue weighted by Gasteiger charge is 2.50. The number of amides is 1. The van der Waals surface area contributed by atoms with Crippen LogP contribution >= 0.6 is 11.6 Å². The van der Waals surface area contributed by atoms with E-state index >= 15 is 0 Å². The van der Waals surface area contributed by atoms with Gasteiger partial charge in [0, 0.05) is 13.2 Å². The van der Waals surface area contributed by atoms with Gasteiger partial charge in [0.05, 0.1) is 33.3 Å². The predicted molar refractivity (Wildman–Crippen MR) is 118 cm³/mol. The van der Waals surface area contributed by atoms with Crippen LogP contribution in [0.25, 0.3) is 0 Å². The number of hydrogen-bond acceptors (Lipinski definition) is 6. The van der Waals surface area contributed by atoms with Crippen LogP contribution in [0.4, 0.5) is 4.39 Å². The topological polar surface area (TPSA) is 105 Å². The summed E-state index contributed by atoms with van der Waals surface area (Å²) in [5.74, 6) is -0.774. The molecule has 33 heavy (non-hydrogen) atoms. The summed E-state index contributed by atoms with van der Waals surface area (Å²) < 4.78 is 50.8. The average Bonchev–Trinajstić information content (AvgIpc) is 3.40. The van der Waals surface area contributed by atoms with E-state index < -0.39 is 38.5 Å². The molecule has 1 amide bonds. The number of nitriles is 1. The molecule has 2 aromatic rings. The maximum Gasteiger partial charge on any atom is 0.227 e. The number of benzene rings is 2. The minimum Gasteiger partial charge on any atom is -0.457 e. The predicted octanol–water partition coefficient (Wildman–Crippen LogP) is 4.01. The molecule has 0 heterocycles. The van der Waals surface area contributed by atoms with E-state index in [1.807, 2.05) is 0 Å². The molecule has 10 heteroatoms. The molecule has 2 fully saturated rings. The monoisotopic (exact) mass is 492 g/mol. The molecule has 0 aromatic heterocycles. The lowest BCUT2D eigenvalue weighted by atomic mass is 10.0. The maximum absolute atomic E-state index is 13.3. The van der Waals surface area contributed by atoms with E-state index in [9.17, 15) is 22.9 Å². The van der Waals surface area contributed by atoms with Crippen molar-refractivity contribution in [3.8, 4) is 17.6 Å². The van der Waals surface area contributed by atoms with Crippen LogP contribution in [-0.4, -0.2) is 38.3 Å². The van der Waals surface area contributed by atoms with Crippen molar-refractivity contribution in [1.29, 1.82) is 5.26 Å². The SMILES string of the molecule is COC1CC(S(=O)(=O)c2ccc(Oc3ccc(F)cc3)cc2Cl)CC1C(=O)NC1(C#N)CC1. The Bertz CT molecular complexity index is 1210. The van der Waals surface area contributed by atoms with Crippen LogP contribution in [0, 0.1) is 23.1 Å². The van der Waals surface area contributed by atoms with Gasteiger partial charge in [0.25, 0.3) is 0 Å². The zero-order valence-corrected chi connectivity index (χ0v) is 19.3. The highest BCUT2D eigenvalue weighted by Crippen LogP contribution is 2.40. The van der Waals surface area contributed by atoms with Crippen molar-refractivity contribution in [2.45, 2.75) is 47.5 Å². The van der Waals surface area contributed by atoms with Crippen LogP contribution in [0.2, 0.25) is 5.02 Å². The first kappa shape index (κ1) is 23.5. The van der Waals surface area contributed by atoms with Crippen LogP contribution in [0.5, 0.6) is 11.5 Å². The highest BCUT2D eigenvalue weighted by molar-refractivity contribution is 7.92. The second kappa shape index (κ2) is 8.93. The van der Waals surface area contributed by atoms with Crippen LogP contribution < -0.4 is 10.1 Å². The molecule has 0 aliphatic heterocycles. The molecule has 0 spiro atoms. The number of nitrogens with zero attached hydrogens (tertiary/aromatic N) is 1. The molecule has 2 aromatic carbocycles. The Morgan fingerprint density at radius 3 is 2.42 bits per heavy atom. The summed E-state index contributed by atoms with van der Waals surface area (Å²) in [6.07, 6.45) is 0.796. The largest absolute Gasteiger partial charge is 0.457 e. The van der Waals surface area contributed by atoms with Gasteiger partial charge < -0.3 is 14.8 Å². The first-order valence-electron chi connectivity index (χ1n) is 10.4. The fourth-order valence-electron chi connectivity index (χ4n) is 4.06. The van der Waals surface area contributed by atoms with Crippen LogP contribution in [-0.2, 0) is 19.4 Å². The minimum absolute atomic E-state index is 0.0158. The normalized spacial score (nSPS) is 23.5. The lowest BCUT2D eigenvalue weighted by Gasteiger charge is -2.19. The Kier molecular flexibility index (Phi) is 6.36. The fraction of sp³-hybridized carbons (Fsp3) is 0.391. The molecule has 0 radical (unpaired) electrons. The average molecular weight is 493 g/mol. The van der Waals surface area contributed by atoms with Crippen molar-refractivity contribution in [2.75, 3.05) is 7.11 Å². The number of halogens is 2. The zero-order valence-electron chi connectivity index (χ0n) is 17.8. The number of ether oxygens (including phenoxy) is 2. The second-order valence-corrected chi connectivity index (χ2v) is 11.0. The van der Waals surface area contributed by atoms with Gasteiger partial charge in [0.1, 0.15) is 22.9 Å². The zero-order chi connectivity index (χ0) is 23.8. The van der Waals surface area contributed by atoms with Crippen molar-refractivity contribution in [2.24, 2.45) is 5.92 Å². The third kappa shape index (κ3) is 4.83. The fourth-order valence-corrected chi connectivity index (χ4v) is 6.40. The van der Waals surface area contributed by atoms with E-state index in [4.69, 9.17) is 21.1 Å². The third-order valence-corrected chi connectivity index (χ3v) is 8.78. The highest BCUT2D eigenvalue weighted by atomic mass is 35.5. The lowest BCUT2D eigenvalue weighted by Crippen LogP contribution is -2.42. The molecule has 4 rings (SSSR count). The third-order valence-electron chi connectivity index (χ3n) is 6.12. The molecular formula is C23H22ClFN2O5S. The molecule has 2 aliphatic rings. The van der Waals surface area contributed by atoms with E-state index in [-0.39, 0.29) is 28.7 Å². The van der Waals surface area contributed by atoms with Gasteiger partial charge in [0.15, 0.2) is 9.84 Å². The van der Waals surface area contributed by atoms with Crippen molar-refractivity contribution < 1.29 is 27.1 Å². The summed E-state index contributed by atoms with van der Waals surface area (Å²) in [4.78, 5) is 12.7. The van der Waals surface area contributed by atoms with Gasteiger partial charge in [0.2, 0.25) is 5.91 Å². The summed E-state index contributed by atoms with van der Waals surface area (Å²) >= 11 is 6.30. The van der Waals surface area contributed by atoms with Crippen LogP contribution in [0.15, 0.2) is 47.4 Å². The summed E-state index contributed by atoms with van der Waals surface area (Å²) in [6, 6.07) is 11.7. The number of methoxy groups -OCH3 is 1. The van der Waals surface area contributed by atoms with E-state index in [1.54, 1.807) is 0 Å². The maximum atomic E-state index is 13.3. The van der Waals surface area contributed by atoms with Gasteiger partial charge in [-0.05, 0) is 62.1 Å².